The molecule has 0 saturated carbocycles. The van der Waals surface area contributed by atoms with Crippen LogP contribution in [-0.2, 0) is 14.4 Å². The summed E-state index contributed by atoms with van der Waals surface area (Å²) < 4.78 is 0. The fraction of sp³-hybridized carbons (Fsp3) is 0.333. The Bertz CT molecular complexity index is 565. The summed E-state index contributed by atoms with van der Waals surface area (Å²) in [6.07, 6.45) is -1.20. The lowest BCUT2D eigenvalue weighted by molar-refractivity contribution is -0.143. The first kappa shape index (κ1) is 16.7. The molecule has 112 valence electrons. The number of Topliss-reactive ketones (excluding diaryl/α,β-unsaturated/α-hetero) is 1. The van der Waals surface area contributed by atoms with E-state index in [-0.39, 0.29) is 12.8 Å². The Kier molecular flexibility index (Phi) is 6.41. The number of aliphatic carboxylic acids is 1. The highest BCUT2D eigenvalue weighted by Gasteiger charge is 2.25. The molecule has 8 nitrogen and oxygen atoms in total. The molecule has 0 saturated heterocycles. The number of carboxylic acid groups (broad SMARTS) is 1. The lowest BCUT2D eigenvalue weighted by Gasteiger charge is -2.16. The van der Waals surface area contributed by atoms with E-state index in [1.807, 2.05) is 0 Å². The largest absolute Gasteiger partial charge is 0.480 e. The second-order valence-electron chi connectivity index (χ2n) is 4.11. The van der Waals surface area contributed by atoms with Crippen LogP contribution >= 0.6 is 11.3 Å². The van der Waals surface area contributed by atoms with E-state index in [4.69, 9.17) is 10.6 Å². The maximum Gasteiger partial charge on any atom is 0.326 e. The van der Waals surface area contributed by atoms with Crippen molar-refractivity contribution < 1.29 is 29.4 Å². The molecule has 1 amide bonds. The van der Waals surface area contributed by atoms with Crippen molar-refractivity contribution in [3.63, 3.8) is 0 Å². The topological polar surface area (TPSA) is 140 Å². The van der Waals surface area contributed by atoms with Gasteiger partial charge in [0, 0.05) is 12.0 Å². The fourth-order valence-corrected chi connectivity index (χ4v) is 2.18. The first-order chi connectivity index (χ1) is 9.95. The van der Waals surface area contributed by atoms with E-state index in [1.165, 1.54) is 11.3 Å². The Morgan fingerprint density at radius 3 is 2.71 bits per heavy atom. The lowest BCUT2D eigenvalue weighted by atomic mass is 10.1. The van der Waals surface area contributed by atoms with E-state index >= 15 is 0 Å². The maximum atomic E-state index is 11.8. The maximum absolute atomic E-state index is 11.8. The SMILES string of the molecule is [N-]=[N+]=CC(=O)CC[C@H](NC(=O)[C@H](O)c1ccsc1)C(=O)O. The molecule has 1 aromatic rings. The Morgan fingerprint density at radius 2 is 2.19 bits per heavy atom. The average molecular weight is 311 g/mol. The Balaban J connectivity index is 2.61. The molecule has 0 bridgehead atoms. The minimum absolute atomic E-state index is 0.178. The predicted molar refractivity (Wildman–Crippen MR) is 72.8 cm³/mol. The van der Waals surface area contributed by atoms with Crippen LogP contribution in [0.2, 0.25) is 0 Å². The highest BCUT2D eigenvalue weighted by molar-refractivity contribution is 7.08. The van der Waals surface area contributed by atoms with Gasteiger partial charge in [-0.2, -0.15) is 16.1 Å². The van der Waals surface area contributed by atoms with E-state index in [0.717, 1.165) is 0 Å². The smallest absolute Gasteiger partial charge is 0.326 e. The van der Waals surface area contributed by atoms with Crippen LogP contribution in [0, 0.1) is 0 Å². The molecule has 2 atom stereocenters. The van der Waals surface area contributed by atoms with Gasteiger partial charge in [0.05, 0.1) is 0 Å². The van der Waals surface area contributed by atoms with Crippen LogP contribution < -0.4 is 5.32 Å². The zero-order valence-electron chi connectivity index (χ0n) is 10.8. The molecule has 0 spiro atoms. The molecule has 0 aromatic carbocycles. The third-order valence-corrected chi connectivity index (χ3v) is 3.30. The number of aliphatic hydroxyl groups is 1. The van der Waals surface area contributed by atoms with Crippen LogP contribution in [0.4, 0.5) is 0 Å². The molecular weight excluding hydrogens is 298 g/mol. The summed E-state index contributed by atoms with van der Waals surface area (Å²) in [5.41, 5.74) is 8.53. The highest BCUT2D eigenvalue weighted by atomic mass is 32.1. The zero-order chi connectivity index (χ0) is 15.8. The van der Waals surface area contributed by atoms with Gasteiger partial charge in [0.2, 0.25) is 5.78 Å². The molecule has 1 heterocycles. The van der Waals surface area contributed by atoms with Gasteiger partial charge in [-0.05, 0) is 23.2 Å². The normalized spacial score (nSPS) is 12.8. The van der Waals surface area contributed by atoms with Crippen LogP contribution in [0.5, 0.6) is 0 Å². The minimum atomic E-state index is -1.46. The van der Waals surface area contributed by atoms with Gasteiger partial charge in [-0.15, -0.1) is 0 Å². The summed E-state index contributed by atoms with van der Waals surface area (Å²) in [6.45, 7) is 0. The van der Waals surface area contributed by atoms with E-state index in [2.05, 4.69) is 10.1 Å². The van der Waals surface area contributed by atoms with Crippen molar-refractivity contribution in [1.29, 1.82) is 0 Å². The summed E-state index contributed by atoms with van der Waals surface area (Å²) >= 11 is 1.29. The van der Waals surface area contributed by atoms with Gasteiger partial charge in [0.25, 0.3) is 5.91 Å². The monoisotopic (exact) mass is 311 g/mol. The van der Waals surface area contributed by atoms with Crippen molar-refractivity contribution in [1.82, 2.24) is 5.32 Å². The number of nitrogens with zero attached hydrogens (tertiary/aromatic N) is 2. The van der Waals surface area contributed by atoms with Crippen LogP contribution in [0.25, 0.3) is 5.53 Å². The summed E-state index contributed by atoms with van der Waals surface area (Å²) in [7, 11) is 0. The number of carbonyl (C=O) groups is 3. The Morgan fingerprint density at radius 1 is 1.48 bits per heavy atom. The first-order valence-corrected chi connectivity index (χ1v) is 6.83. The standard InChI is InChI=1S/C12H13N3O5S/c13-14-5-8(16)1-2-9(12(19)20)15-11(18)10(17)7-3-4-21-6-7/h3-6,9-10,17H,1-2H2,(H,15,18)(H,19,20)/t9-,10+/m0/s1. The van der Waals surface area contributed by atoms with Crippen molar-refractivity contribution in [2.24, 2.45) is 0 Å². The fourth-order valence-electron chi connectivity index (χ4n) is 1.51. The summed E-state index contributed by atoms with van der Waals surface area (Å²) in [5, 5.41) is 24.1. The number of carbonyl (C=O) groups excluding carboxylic acids is 2. The van der Waals surface area contributed by atoms with E-state index < -0.39 is 29.8 Å². The quantitative estimate of drug-likeness (QED) is 0.352. The van der Waals surface area contributed by atoms with E-state index in [9.17, 15) is 19.5 Å². The molecule has 21 heavy (non-hydrogen) atoms. The highest BCUT2D eigenvalue weighted by Crippen LogP contribution is 2.16. The number of rotatable bonds is 8. The number of aliphatic hydroxyl groups excluding tert-OH is 1. The van der Waals surface area contributed by atoms with Crippen LogP contribution in [0.3, 0.4) is 0 Å². The second kappa shape index (κ2) is 8.05. The molecule has 0 aliphatic rings. The predicted octanol–water partition coefficient (Wildman–Crippen LogP) is 0.000800. The van der Waals surface area contributed by atoms with Gasteiger partial charge >= 0.3 is 12.2 Å². The van der Waals surface area contributed by atoms with Crippen LogP contribution in [0.1, 0.15) is 24.5 Å². The molecule has 3 N–H and O–H groups in total. The van der Waals surface area contributed by atoms with Gasteiger partial charge in [-0.25, -0.2) is 4.79 Å². The summed E-state index contributed by atoms with van der Waals surface area (Å²) in [4.78, 5) is 36.4. The molecule has 0 fully saturated rings. The van der Waals surface area contributed by atoms with Crippen LogP contribution in [-0.4, -0.2) is 44.9 Å². The van der Waals surface area contributed by atoms with Crippen molar-refractivity contribution in [2.45, 2.75) is 25.0 Å². The second-order valence-corrected chi connectivity index (χ2v) is 4.89. The summed E-state index contributed by atoms with van der Waals surface area (Å²) in [5.74, 6) is -2.75. The molecule has 1 aromatic heterocycles. The number of hydrogen-bond acceptors (Lipinski definition) is 5. The van der Waals surface area contributed by atoms with Crippen molar-refractivity contribution in [2.75, 3.05) is 0 Å². The zero-order valence-corrected chi connectivity index (χ0v) is 11.6. The number of carboxylic acids is 1. The Labute approximate surface area is 123 Å². The first-order valence-electron chi connectivity index (χ1n) is 5.89. The number of ketones is 1. The minimum Gasteiger partial charge on any atom is -0.480 e. The Hall–Kier alpha value is -2.35. The summed E-state index contributed by atoms with van der Waals surface area (Å²) in [6, 6.07) is 0.230. The third kappa shape index (κ3) is 5.27. The molecule has 0 unspecified atom stereocenters. The molecule has 0 aliphatic carbocycles. The number of nitrogens with one attached hydrogen (secondary N) is 1. The third-order valence-electron chi connectivity index (χ3n) is 2.60. The molecule has 0 radical (unpaired) electrons. The van der Waals surface area contributed by atoms with Gasteiger partial charge in [-0.1, -0.05) is 0 Å². The van der Waals surface area contributed by atoms with Gasteiger partial charge in [0.15, 0.2) is 6.10 Å². The lowest BCUT2D eigenvalue weighted by Crippen LogP contribution is -2.43. The molecule has 0 aliphatic heterocycles. The van der Waals surface area contributed by atoms with Gasteiger partial charge in [0.1, 0.15) is 6.04 Å². The van der Waals surface area contributed by atoms with Crippen LogP contribution in [0.15, 0.2) is 16.8 Å². The average Bonchev–Trinajstić information content (AvgIpc) is 2.96. The number of amides is 1. The molecule has 9 heteroatoms. The number of thiophene rings is 1. The van der Waals surface area contributed by atoms with Crippen molar-refractivity contribution in [3.8, 4) is 0 Å². The van der Waals surface area contributed by atoms with E-state index in [1.54, 1.807) is 16.8 Å². The number of hydrogen-bond donors (Lipinski definition) is 3. The molecule has 1 rings (SSSR count). The van der Waals surface area contributed by atoms with E-state index in [0.29, 0.717) is 11.8 Å². The van der Waals surface area contributed by atoms with Gasteiger partial charge in [-0.3, -0.25) is 9.59 Å². The van der Waals surface area contributed by atoms with Gasteiger partial charge < -0.3 is 21.1 Å². The van der Waals surface area contributed by atoms with Crippen molar-refractivity contribution in [3.05, 3.63) is 27.9 Å². The molecular formula is C12H13N3O5S. The van der Waals surface area contributed by atoms with Crippen molar-refractivity contribution >= 4 is 35.2 Å².